The summed E-state index contributed by atoms with van der Waals surface area (Å²) < 4.78 is 6.02. The van der Waals surface area contributed by atoms with E-state index >= 15 is 0 Å². The minimum atomic E-state index is 0.0753. The highest BCUT2D eigenvalue weighted by atomic mass is 32.2. The maximum atomic E-state index is 12.8. The molecule has 2 heterocycles. The quantitative estimate of drug-likeness (QED) is 0.569. The summed E-state index contributed by atoms with van der Waals surface area (Å²) in [4.78, 5) is 19.0. The van der Waals surface area contributed by atoms with Gasteiger partial charge in [-0.2, -0.15) is 11.8 Å². The average Bonchev–Trinajstić information content (AvgIpc) is 3.14. The molecule has 7 heteroatoms. The van der Waals surface area contributed by atoms with Crippen molar-refractivity contribution < 1.29 is 9.53 Å². The SMILES string of the molecule is CN=C(NCc1ccc(C(=O)N2CC(C)OC(C)C2)cc1)NCC1(C)CCCS1. The fraction of sp³-hybridized carbons (Fsp3) is 0.636. The number of rotatable bonds is 5. The topological polar surface area (TPSA) is 66.0 Å². The van der Waals surface area contributed by atoms with Crippen LogP contribution in [0.15, 0.2) is 29.3 Å². The van der Waals surface area contributed by atoms with Crippen molar-refractivity contribution in [3.8, 4) is 0 Å². The zero-order valence-corrected chi connectivity index (χ0v) is 18.8. The van der Waals surface area contributed by atoms with Crippen LogP contribution in [0.5, 0.6) is 0 Å². The van der Waals surface area contributed by atoms with E-state index in [9.17, 15) is 4.79 Å². The molecule has 2 aliphatic heterocycles. The van der Waals surface area contributed by atoms with Crippen LogP contribution in [-0.4, -0.2) is 66.2 Å². The van der Waals surface area contributed by atoms with Crippen molar-refractivity contribution >= 4 is 23.6 Å². The third-order valence-corrected chi connectivity index (χ3v) is 7.06. The van der Waals surface area contributed by atoms with Crippen LogP contribution in [0.1, 0.15) is 49.5 Å². The Hall–Kier alpha value is -1.73. The van der Waals surface area contributed by atoms with Crippen molar-refractivity contribution in [1.29, 1.82) is 0 Å². The molecule has 3 atom stereocenters. The molecule has 1 amide bonds. The van der Waals surface area contributed by atoms with E-state index in [-0.39, 0.29) is 18.1 Å². The molecule has 0 spiro atoms. The third kappa shape index (κ3) is 6.12. The molecule has 29 heavy (non-hydrogen) atoms. The molecule has 160 valence electrons. The van der Waals surface area contributed by atoms with Crippen LogP contribution in [0.3, 0.4) is 0 Å². The number of ether oxygens (including phenoxy) is 1. The number of aliphatic imine (C=N–C) groups is 1. The molecule has 2 fully saturated rings. The van der Waals surface area contributed by atoms with E-state index in [2.05, 4.69) is 22.5 Å². The normalized spacial score (nSPS) is 27.7. The van der Waals surface area contributed by atoms with Gasteiger partial charge in [-0.05, 0) is 57.1 Å². The van der Waals surface area contributed by atoms with E-state index < -0.39 is 0 Å². The van der Waals surface area contributed by atoms with Gasteiger partial charge in [0, 0.05) is 43.5 Å². The Morgan fingerprint density at radius 3 is 2.52 bits per heavy atom. The Morgan fingerprint density at radius 1 is 1.24 bits per heavy atom. The zero-order valence-electron chi connectivity index (χ0n) is 18.0. The largest absolute Gasteiger partial charge is 0.372 e. The molecule has 1 aromatic carbocycles. The first kappa shape index (κ1) is 22.0. The van der Waals surface area contributed by atoms with Gasteiger partial charge in [0.15, 0.2) is 5.96 Å². The smallest absolute Gasteiger partial charge is 0.254 e. The number of carbonyl (C=O) groups is 1. The van der Waals surface area contributed by atoms with Crippen molar-refractivity contribution in [3.05, 3.63) is 35.4 Å². The van der Waals surface area contributed by atoms with Crippen molar-refractivity contribution in [1.82, 2.24) is 15.5 Å². The Labute approximate surface area is 178 Å². The highest BCUT2D eigenvalue weighted by Crippen LogP contribution is 2.36. The van der Waals surface area contributed by atoms with Gasteiger partial charge in [0.05, 0.1) is 12.2 Å². The molecular weight excluding hydrogens is 384 g/mol. The number of thioether (sulfide) groups is 1. The van der Waals surface area contributed by atoms with Crippen molar-refractivity contribution in [2.75, 3.05) is 32.4 Å². The molecular formula is C22H34N4O2S. The van der Waals surface area contributed by atoms with Gasteiger partial charge in [0.25, 0.3) is 5.91 Å². The first-order chi connectivity index (χ1) is 13.9. The molecule has 0 bridgehead atoms. The summed E-state index contributed by atoms with van der Waals surface area (Å²) in [5, 5.41) is 6.82. The van der Waals surface area contributed by atoms with E-state index in [1.54, 1.807) is 7.05 Å². The number of hydrogen-bond acceptors (Lipinski definition) is 4. The van der Waals surface area contributed by atoms with Crippen molar-refractivity contribution in [2.45, 2.75) is 57.1 Å². The number of carbonyl (C=O) groups excluding carboxylic acids is 1. The maximum absolute atomic E-state index is 12.8. The summed E-state index contributed by atoms with van der Waals surface area (Å²) in [5.74, 6) is 2.14. The fourth-order valence-electron chi connectivity index (χ4n) is 3.94. The summed E-state index contributed by atoms with van der Waals surface area (Å²) in [6.07, 6.45) is 2.70. The van der Waals surface area contributed by atoms with Crippen LogP contribution in [0.25, 0.3) is 0 Å². The lowest BCUT2D eigenvalue weighted by molar-refractivity contribution is -0.0586. The molecule has 0 aliphatic carbocycles. The highest BCUT2D eigenvalue weighted by molar-refractivity contribution is 8.00. The number of hydrogen-bond donors (Lipinski definition) is 2. The monoisotopic (exact) mass is 418 g/mol. The number of benzene rings is 1. The Balaban J connectivity index is 1.50. The Kier molecular flexibility index (Phi) is 7.46. The number of morpholine rings is 1. The van der Waals surface area contributed by atoms with Crippen LogP contribution < -0.4 is 10.6 Å². The molecule has 1 aromatic rings. The van der Waals surface area contributed by atoms with E-state index in [1.165, 1.54) is 18.6 Å². The third-order valence-electron chi connectivity index (χ3n) is 5.52. The maximum Gasteiger partial charge on any atom is 0.254 e. The number of nitrogens with zero attached hydrogens (tertiary/aromatic N) is 2. The lowest BCUT2D eigenvalue weighted by Crippen LogP contribution is -2.48. The van der Waals surface area contributed by atoms with Crippen LogP contribution >= 0.6 is 11.8 Å². The molecule has 0 saturated carbocycles. The molecule has 3 rings (SSSR count). The average molecular weight is 419 g/mol. The van der Waals surface area contributed by atoms with E-state index in [0.29, 0.717) is 24.4 Å². The van der Waals surface area contributed by atoms with Crippen molar-refractivity contribution in [2.24, 2.45) is 4.99 Å². The molecule has 0 radical (unpaired) electrons. The summed E-state index contributed by atoms with van der Waals surface area (Å²) in [5.41, 5.74) is 1.85. The van der Waals surface area contributed by atoms with Gasteiger partial charge < -0.3 is 20.3 Å². The van der Waals surface area contributed by atoms with Crippen LogP contribution in [0, 0.1) is 0 Å². The van der Waals surface area contributed by atoms with Gasteiger partial charge in [0.2, 0.25) is 0 Å². The van der Waals surface area contributed by atoms with Gasteiger partial charge in [-0.3, -0.25) is 9.79 Å². The standard InChI is InChI=1S/C22H34N4O2S/c1-16-13-26(14-17(2)28-16)20(27)19-8-6-18(7-9-19)12-24-21(23-4)25-15-22(3)10-5-11-29-22/h6-9,16-17H,5,10-15H2,1-4H3,(H2,23,24,25). The zero-order chi connectivity index (χ0) is 20.9. The number of nitrogens with one attached hydrogen (secondary N) is 2. The first-order valence-electron chi connectivity index (χ1n) is 10.5. The van der Waals surface area contributed by atoms with Crippen LogP contribution in [0.4, 0.5) is 0 Å². The van der Waals surface area contributed by atoms with Crippen LogP contribution in [-0.2, 0) is 11.3 Å². The van der Waals surface area contributed by atoms with Gasteiger partial charge in [-0.1, -0.05) is 12.1 Å². The second-order valence-corrected chi connectivity index (χ2v) is 10.0. The minimum absolute atomic E-state index is 0.0753. The Bertz CT molecular complexity index is 706. The molecule has 2 saturated heterocycles. The van der Waals surface area contributed by atoms with E-state index in [0.717, 1.165) is 23.6 Å². The molecule has 6 nitrogen and oxygen atoms in total. The van der Waals surface area contributed by atoms with E-state index in [4.69, 9.17) is 4.74 Å². The summed E-state index contributed by atoms with van der Waals surface area (Å²) in [7, 11) is 1.80. The summed E-state index contributed by atoms with van der Waals surface area (Å²) >= 11 is 2.04. The van der Waals surface area contributed by atoms with E-state index in [1.807, 2.05) is 54.8 Å². The predicted octanol–water partition coefficient (Wildman–Crippen LogP) is 2.89. The molecule has 2 aliphatic rings. The Morgan fingerprint density at radius 2 is 1.93 bits per heavy atom. The lowest BCUT2D eigenvalue weighted by atomic mass is 10.1. The minimum Gasteiger partial charge on any atom is -0.372 e. The summed E-state index contributed by atoms with van der Waals surface area (Å²) in [6.45, 7) is 9.22. The highest BCUT2D eigenvalue weighted by Gasteiger charge is 2.29. The lowest BCUT2D eigenvalue weighted by Gasteiger charge is -2.35. The summed E-state index contributed by atoms with van der Waals surface area (Å²) in [6, 6.07) is 7.84. The molecule has 2 N–H and O–H groups in total. The number of amides is 1. The van der Waals surface area contributed by atoms with Gasteiger partial charge in [-0.25, -0.2) is 0 Å². The van der Waals surface area contributed by atoms with Gasteiger partial charge in [-0.15, -0.1) is 0 Å². The number of guanidine groups is 1. The second kappa shape index (κ2) is 9.85. The fourth-order valence-corrected chi connectivity index (χ4v) is 5.19. The molecule has 0 aromatic heterocycles. The van der Waals surface area contributed by atoms with Gasteiger partial charge >= 0.3 is 0 Å². The van der Waals surface area contributed by atoms with Gasteiger partial charge in [0.1, 0.15) is 0 Å². The molecule has 3 unspecified atom stereocenters. The predicted molar refractivity (Wildman–Crippen MR) is 121 cm³/mol. The van der Waals surface area contributed by atoms with Crippen LogP contribution in [0.2, 0.25) is 0 Å². The first-order valence-corrected chi connectivity index (χ1v) is 11.5. The second-order valence-electron chi connectivity index (χ2n) is 8.35. The van der Waals surface area contributed by atoms with Crippen molar-refractivity contribution in [3.63, 3.8) is 0 Å².